The summed E-state index contributed by atoms with van der Waals surface area (Å²) in [4.78, 5) is 2.48. The fraction of sp³-hybridized carbons (Fsp3) is 1.00. The molecule has 1 saturated heterocycles. The van der Waals surface area contributed by atoms with Crippen LogP contribution in [-0.2, 0) is 0 Å². The third kappa shape index (κ3) is 3.65. The van der Waals surface area contributed by atoms with E-state index < -0.39 is 0 Å². The van der Waals surface area contributed by atoms with Gasteiger partial charge in [0.25, 0.3) is 0 Å². The van der Waals surface area contributed by atoms with Crippen molar-refractivity contribution in [3.63, 3.8) is 0 Å². The Labute approximate surface area is 82.7 Å². The van der Waals surface area contributed by atoms with E-state index in [9.17, 15) is 0 Å². The van der Waals surface area contributed by atoms with Crippen LogP contribution in [0.3, 0.4) is 0 Å². The monoisotopic (exact) mass is 184 g/mol. The van der Waals surface area contributed by atoms with Gasteiger partial charge in [-0.05, 0) is 59.7 Å². The molecule has 1 fully saturated rings. The number of hydrogen-bond donors (Lipinski definition) is 1. The SMILES string of the molecule is CN(CC1CCNCC1)C(C)(C)C. The topological polar surface area (TPSA) is 15.3 Å². The molecule has 0 bridgehead atoms. The van der Waals surface area contributed by atoms with Crippen LogP contribution in [0, 0.1) is 5.92 Å². The van der Waals surface area contributed by atoms with E-state index in [0.29, 0.717) is 5.54 Å². The molecule has 13 heavy (non-hydrogen) atoms. The summed E-state index contributed by atoms with van der Waals surface area (Å²) in [5, 5.41) is 3.41. The quantitative estimate of drug-likeness (QED) is 0.703. The zero-order valence-corrected chi connectivity index (χ0v) is 9.56. The molecule has 2 heteroatoms. The van der Waals surface area contributed by atoms with Crippen LogP contribution >= 0.6 is 0 Å². The molecule has 0 saturated carbocycles. The lowest BCUT2D eigenvalue weighted by molar-refractivity contribution is 0.136. The second kappa shape index (κ2) is 4.43. The van der Waals surface area contributed by atoms with Crippen molar-refractivity contribution in [3.05, 3.63) is 0 Å². The lowest BCUT2D eigenvalue weighted by atomic mass is 9.95. The van der Waals surface area contributed by atoms with E-state index >= 15 is 0 Å². The minimum Gasteiger partial charge on any atom is -0.317 e. The molecule has 0 spiro atoms. The Bertz CT molecular complexity index is 143. The van der Waals surface area contributed by atoms with Gasteiger partial charge < -0.3 is 10.2 Å². The zero-order valence-electron chi connectivity index (χ0n) is 9.56. The van der Waals surface area contributed by atoms with Crippen molar-refractivity contribution in [3.8, 4) is 0 Å². The van der Waals surface area contributed by atoms with E-state index in [4.69, 9.17) is 0 Å². The second-order valence-electron chi connectivity index (χ2n) is 5.24. The van der Waals surface area contributed by atoms with Gasteiger partial charge in [0.05, 0.1) is 0 Å². The molecule has 2 nitrogen and oxygen atoms in total. The van der Waals surface area contributed by atoms with Gasteiger partial charge in [0.1, 0.15) is 0 Å². The van der Waals surface area contributed by atoms with Gasteiger partial charge in [0.15, 0.2) is 0 Å². The number of rotatable bonds is 2. The van der Waals surface area contributed by atoms with Crippen LogP contribution in [0.1, 0.15) is 33.6 Å². The van der Waals surface area contributed by atoms with Crippen molar-refractivity contribution in [2.24, 2.45) is 5.92 Å². The van der Waals surface area contributed by atoms with Gasteiger partial charge in [-0.15, -0.1) is 0 Å². The van der Waals surface area contributed by atoms with Crippen LogP contribution in [-0.4, -0.2) is 37.1 Å². The normalized spacial score (nSPS) is 21.0. The minimum absolute atomic E-state index is 0.324. The Morgan fingerprint density at radius 2 is 1.77 bits per heavy atom. The third-order valence-electron chi connectivity index (χ3n) is 3.14. The summed E-state index contributed by atoms with van der Waals surface area (Å²) in [6.07, 6.45) is 2.70. The Kier molecular flexibility index (Phi) is 3.74. The first kappa shape index (κ1) is 11.0. The molecule has 0 atom stereocenters. The Morgan fingerprint density at radius 1 is 1.23 bits per heavy atom. The van der Waals surface area contributed by atoms with E-state index in [0.717, 1.165) is 5.92 Å². The van der Waals surface area contributed by atoms with Crippen LogP contribution in [0.2, 0.25) is 0 Å². The van der Waals surface area contributed by atoms with Gasteiger partial charge in [-0.25, -0.2) is 0 Å². The fourth-order valence-corrected chi connectivity index (χ4v) is 1.73. The van der Waals surface area contributed by atoms with Crippen molar-refractivity contribution >= 4 is 0 Å². The number of hydrogen-bond acceptors (Lipinski definition) is 2. The molecule has 1 aliphatic heterocycles. The first-order valence-corrected chi connectivity index (χ1v) is 5.42. The minimum atomic E-state index is 0.324. The van der Waals surface area contributed by atoms with E-state index in [1.807, 2.05) is 0 Å². The highest BCUT2D eigenvalue weighted by Crippen LogP contribution is 2.18. The van der Waals surface area contributed by atoms with E-state index in [2.05, 4.69) is 38.0 Å². The zero-order chi connectivity index (χ0) is 9.90. The van der Waals surface area contributed by atoms with Crippen LogP contribution in [0.5, 0.6) is 0 Å². The highest BCUT2D eigenvalue weighted by Gasteiger charge is 2.21. The predicted octanol–water partition coefficient (Wildman–Crippen LogP) is 1.72. The molecule has 0 aliphatic carbocycles. The fourth-order valence-electron chi connectivity index (χ4n) is 1.73. The van der Waals surface area contributed by atoms with E-state index in [1.165, 1.54) is 32.5 Å². The molecule has 1 aliphatic rings. The van der Waals surface area contributed by atoms with Crippen LogP contribution in [0.25, 0.3) is 0 Å². The molecule has 1 N–H and O–H groups in total. The highest BCUT2D eigenvalue weighted by molar-refractivity contribution is 4.78. The average Bonchev–Trinajstić information content (AvgIpc) is 2.04. The molecule has 1 heterocycles. The van der Waals surface area contributed by atoms with E-state index in [1.54, 1.807) is 0 Å². The van der Waals surface area contributed by atoms with Gasteiger partial charge in [-0.1, -0.05) is 0 Å². The average molecular weight is 184 g/mol. The lowest BCUT2D eigenvalue weighted by Crippen LogP contribution is -2.43. The third-order valence-corrected chi connectivity index (χ3v) is 3.14. The van der Waals surface area contributed by atoms with Crippen LogP contribution < -0.4 is 5.32 Å². The number of nitrogens with one attached hydrogen (secondary N) is 1. The number of piperidine rings is 1. The lowest BCUT2D eigenvalue weighted by Gasteiger charge is -2.36. The van der Waals surface area contributed by atoms with E-state index in [-0.39, 0.29) is 0 Å². The van der Waals surface area contributed by atoms with Gasteiger partial charge in [0, 0.05) is 12.1 Å². The summed E-state index contributed by atoms with van der Waals surface area (Å²) in [6, 6.07) is 0. The van der Waals surface area contributed by atoms with Crippen molar-refractivity contribution in [1.82, 2.24) is 10.2 Å². The molecule has 0 unspecified atom stereocenters. The predicted molar refractivity (Wildman–Crippen MR) is 58.0 cm³/mol. The second-order valence-corrected chi connectivity index (χ2v) is 5.24. The van der Waals surface area contributed by atoms with Gasteiger partial charge in [0.2, 0.25) is 0 Å². The molecule has 0 radical (unpaired) electrons. The molecule has 78 valence electrons. The standard InChI is InChI=1S/C11H24N2/c1-11(2,3)13(4)9-10-5-7-12-8-6-10/h10,12H,5-9H2,1-4H3. The van der Waals surface area contributed by atoms with Crippen LogP contribution in [0.15, 0.2) is 0 Å². The highest BCUT2D eigenvalue weighted by atomic mass is 15.2. The largest absolute Gasteiger partial charge is 0.317 e. The summed E-state index contributed by atoms with van der Waals surface area (Å²) < 4.78 is 0. The Balaban J connectivity index is 2.30. The van der Waals surface area contributed by atoms with Gasteiger partial charge >= 0.3 is 0 Å². The van der Waals surface area contributed by atoms with Crippen molar-refractivity contribution in [2.75, 3.05) is 26.7 Å². The Morgan fingerprint density at radius 3 is 2.23 bits per heavy atom. The van der Waals surface area contributed by atoms with Crippen molar-refractivity contribution in [2.45, 2.75) is 39.2 Å². The van der Waals surface area contributed by atoms with Crippen LogP contribution in [0.4, 0.5) is 0 Å². The molecule has 0 aromatic heterocycles. The maximum Gasteiger partial charge on any atom is 0.0122 e. The molecular weight excluding hydrogens is 160 g/mol. The van der Waals surface area contributed by atoms with Gasteiger partial charge in [-0.3, -0.25) is 0 Å². The van der Waals surface area contributed by atoms with Crippen molar-refractivity contribution < 1.29 is 0 Å². The molecular formula is C11H24N2. The number of nitrogens with zero attached hydrogens (tertiary/aromatic N) is 1. The maximum absolute atomic E-state index is 3.41. The summed E-state index contributed by atoms with van der Waals surface area (Å²) in [5.74, 6) is 0.908. The first-order valence-electron chi connectivity index (χ1n) is 5.42. The summed E-state index contributed by atoms with van der Waals surface area (Å²) in [7, 11) is 2.24. The molecule has 0 aromatic carbocycles. The first-order chi connectivity index (χ1) is 6.00. The maximum atomic E-state index is 3.41. The summed E-state index contributed by atoms with van der Waals surface area (Å²) in [6.45, 7) is 10.5. The Hall–Kier alpha value is -0.0800. The van der Waals surface area contributed by atoms with Gasteiger partial charge in [-0.2, -0.15) is 0 Å². The summed E-state index contributed by atoms with van der Waals surface area (Å²) in [5.41, 5.74) is 0.324. The molecule has 1 rings (SSSR count). The summed E-state index contributed by atoms with van der Waals surface area (Å²) >= 11 is 0. The molecule has 0 amide bonds. The smallest absolute Gasteiger partial charge is 0.0122 e. The van der Waals surface area contributed by atoms with Crippen molar-refractivity contribution in [1.29, 1.82) is 0 Å². The molecule has 0 aromatic rings.